The zero-order chi connectivity index (χ0) is 21.3. The number of nitrogens with zero attached hydrogens (tertiary/aromatic N) is 1. The maximum Gasteiger partial charge on any atom is 0.262 e. The Balaban J connectivity index is 0.000000431. The molecule has 0 amide bonds. The molecule has 2 heterocycles. The Morgan fingerprint density at radius 1 is 1.07 bits per heavy atom. The Bertz CT molecular complexity index is 1120. The number of hydrogen-bond acceptors (Lipinski definition) is 6. The van der Waals surface area contributed by atoms with Crippen LogP contribution in [0.5, 0.6) is 23.0 Å². The van der Waals surface area contributed by atoms with Gasteiger partial charge in [-0.15, -0.1) is 0 Å². The van der Waals surface area contributed by atoms with Gasteiger partial charge in [-0.25, -0.2) is 0 Å². The third-order valence-electron chi connectivity index (χ3n) is 4.60. The molecular formula is C19H20NO8P. The number of aromatic hydroxyl groups is 2. The molecule has 154 valence electrons. The van der Waals surface area contributed by atoms with Crippen molar-refractivity contribution in [1.29, 1.82) is 0 Å². The lowest BCUT2D eigenvalue weighted by Crippen LogP contribution is -2.40. The molecule has 0 bridgehead atoms. The molecule has 0 fully saturated rings. The lowest BCUT2D eigenvalue weighted by atomic mass is 9.95. The van der Waals surface area contributed by atoms with E-state index in [0.717, 1.165) is 40.6 Å². The van der Waals surface area contributed by atoms with Gasteiger partial charge in [0.05, 0.1) is 25.2 Å². The summed E-state index contributed by atoms with van der Waals surface area (Å²) in [6.07, 6.45) is 2.84. The molecule has 4 rings (SSSR count). The third kappa shape index (κ3) is 4.44. The SMILES string of the molecule is COc1ccc2cc3[n+](cc2c1OC)CCc1cc(O)c(O)cc1-3.O=P([O-])(O)O. The summed E-state index contributed by atoms with van der Waals surface area (Å²) in [6.45, 7) is 0.794. The Morgan fingerprint density at radius 2 is 1.72 bits per heavy atom. The number of rotatable bonds is 2. The summed E-state index contributed by atoms with van der Waals surface area (Å²) in [5.74, 6) is 1.23. The average molecular weight is 421 g/mol. The molecule has 1 aliphatic rings. The molecule has 0 radical (unpaired) electrons. The predicted octanol–water partition coefficient (Wildman–Crippen LogP) is 1.22. The quantitative estimate of drug-likeness (QED) is 0.275. The van der Waals surface area contributed by atoms with Crippen molar-refractivity contribution in [3.05, 3.63) is 42.1 Å². The third-order valence-corrected chi connectivity index (χ3v) is 4.60. The van der Waals surface area contributed by atoms with Gasteiger partial charge in [-0.1, -0.05) is 0 Å². The normalized spacial score (nSPS) is 12.4. The second-order valence-electron chi connectivity index (χ2n) is 6.39. The van der Waals surface area contributed by atoms with E-state index in [-0.39, 0.29) is 11.5 Å². The summed E-state index contributed by atoms with van der Waals surface area (Å²) in [5.41, 5.74) is 2.98. The van der Waals surface area contributed by atoms with Crippen molar-refractivity contribution in [1.82, 2.24) is 0 Å². The number of pyridine rings is 1. The zero-order valence-corrected chi connectivity index (χ0v) is 16.6. The van der Waals surface area contributed by atoms with Crippen LogP contribution < -0.4 is 18.9 Å². The van der Waals surface area contributed by atoms with Gasteiger partial charge in [0.15, 0.2) is 35.7 Å². The van der Waals surface area contributed by atoms with Gasteiger partial charge in [0.1, 0.15) is 0 Å². The number of methoxy groups -OCH3 is 2. The fourth-order valence-corrected chi connectivity index (χ4v) is 3.40. The molecule has 0 saturated heterocycles. The summed E-state index contributed by atoms with van der Waals surface area (Å²) in [4.78, 5) is 22.9. The van der Waals surface area contributed by atoms with E-state index in [0.29, 0.717) is 11.5 Å². The van der Waals surface area contributed by atoms with Crippen LogP contribution in [0.4, 0.5) is 0 Å². The van der Waals surface area contributed by atoms with Crippen molar-refractivity contribution >= 4 is 18.6 Å². The van der Waals surface area contributed by atoms with Crippen molar-refractivity contribution in [2.45, 2.75) is 13.0 Å². The highest BCUT2D eigenvalue weighted by Crippen LogP contribution is 2.39. The van der Waals surface area contributed by atoms with E-state index >= 15 is 0 Å². The molecule has 1 aromatic heterocycles. The number of phenolic OH excluding ortho intramolecular Hbond substituents is 2. The zero-order valence-electron chi connectivity index (χ0n) is 15.7. The monoisotopic (exact) mass is 421 g/mol. The van der Waals surface area contributed by atoms with Crippen LogP contribution >= 0.6 is 7.82 Å². The summed E-state index contributed by atoms with van der Waals surface area (Å²) in [6, 6.07) is 9.23. The molecule has 0 atom stereocenters. The van der Waals surface area contributed by atoms with Crippen molar-refractivity contribution in [2.75, 3.05) is 14.2 Å². The standard InChI is InChI=1S/C19H17NO4.H3O4P/c1-23-18-4-3-11-7-15-13-9-17(22)16(21)8-12(13)5-6-20(15)10-14(11)19(18)24-2;1-5(2,3)4/h3-4,7-10,22H,5-6H2,1-2H3;(H3,1,2,3,4). The van der Waals surface area contributed by atoms with Crippen LogP contribution in [0.1, 0.15) is 5.56 Å². The van der Waals surface area contributed by atoms with Gasteiger partial charge in [-0.05, 0) is 35.2 Å². The minimum absolute atomic E-state index is 0.0746. The van der Waals surface area contributed by atoms with Crippen molar-refractivity contribution in [3.63, 3.8) is 0 Å². The van der Waals surface area contributed by atoms with Crippen LogP contribution in [0, 0.1) is 0 Å². The van der Waals surface area contributed by atoms with E-state index in [2.05, 4.69) is 16.8 Å². The van der Waals surface area contributed by atoms with Gasteiger partial charge in [-0.2, -0.15) is 4.57 Å². The molecule has 29 heavy (non-hydrogen) atoms. The molecular weight excluding hydrogens is 401 g/mol. The minimum Gasteiger partial charge on any atom is -0.756 e. The minimum atomic E-state index is -4.89. The summed E-state index contributed by atoms with van der Waals surface area (Å²) < 4.78 is 21.8. The average Bonchev–Trinajstić information content (AvgIpc) is 2.65. The maximum absolute atomic E-state index is 9.87. The van der Waals surface area contributed by atoms with Crippen LogP contribution in [0.2, 0.25) is 0 Å². The highest BCUT2D eigenvalue weighted by Gasteiger charge is 2.26. The number of aromatic nitrogens is 1. The van der Waals surface area contributed by atoms with Gasteiger partial charge < -0.3 is 34.4 Å². The first kappa shape index (κ1) is 20.9. The van der Waals surface area contributed by atoms with Crippen molar-refractivity contribution < 1.29 is 43.5 Å². The molecule has 1 aliphatic heterocycles. The van der Waals surface area contributed by atoms with Crippen LogP contribution in [-0.2, 0) is 17.5 Å². The van der Waals surface area contributed by atoms with E-state index in [9.17, 15) is 10.2 Å². The Labute approximate surface area is 166 Å². The van der Waals surface area contributed by atoms with E-state index in [1.807, 2.05) is 12.1 Å². The van der Waals surface area contributed by atoms with Crippen molar-refractivity contribution in [2.24, 2.45) is 0 Å². The second-order valence-corrected chi connectivity index (χ2v) is 7.38. The smallest absolute Gasteiger partial charge is 0.262 e. The van der Waals surface area contributed by atoms with Gasteiger partial charge in [-0.3, -0.25) is 4.57 Å². The molecule has 9 nitrogen and oxygen atoms in total. The highest BCUT2D eigenvalue weighted by atomic mass is 31.2. The lowest BCUT2D eigenvalue weighted by Gasteiger charge is -2.17. The molecule has 0 unspecified atom stereocenters. The summed E-state index contributed by atoms with van der Waals surface area (Å²) in [7, 11) is -1.63. The Hall–Kier alpha value is -2.84. The van der Waals surface area contributed by atoms with Gasteiger partial charge in [0.25, 0.3) is 7.82 Å². The number of hydrogen-bond donors (Lipinski definition) is 4. The van der Waals surface area contributed by atoms with Crippen LogP contribution in [0.3, 0.4) is 0 Å². The lowest BCUT2D eigenvalue weighted by molar-refractivity contribution is -0.686. The van der Waals surface area contributed by atoms with E-state index in [4.69, 9.17) is 28.7 Å². The number of fused-ring (bicyclic) bond motifs is 4. The first-order chi connectivity index (χ1) is 13.6. The van der Waals surface area contributed by atoms with Crippen LogP contribution in [0.25, 0.3) is 22.0 Å². The second kappa shape index (κ2) is 7.88. The summed E-state index contributed by atoms with van der Waals surface area (Å²) in [5, 5.41) is 21.6. The van der Waals surface area contributed by atoms with Crippen LogP contribution in [0.15, 0.2) is 36.5 Å². The number of phenols is 2. The molecule has 4 N–H and O–H groups in total. The molecule has 0 spiro atoms. The fraction of sp³-hybridized carbons (Fsp3) is 0.211. The number of phosphoric acid groups is 1. The van der Waals surface area contributed by atoms with Gasteiger partial charge in [0.2, 0.25) is 5.69 Å². The number of ether oxygens (including phenoxy) is 2. The molecule has 3 aromatic rings. The number of aryl methyl sites for hydroxylation is 2. The predicted molar refractivity (Wildman–Crippen MR) is 102 cm³/mol. The summed E-state index contributed by atoms with van der Waals surface area (Å²) >= 11 is 0. The van der Waals surface area contributed by atoms with E-state index in [1.165, 1.54) is 0 Å². The topological polar surface area (TPSA) is 143 Å². The first-order valence-electron chi connectivity index (χ1n) is 8.52. The van der Waals surface area contributed by atoms with E-state index < -0.39 is 7.82 Å². The van der Waals surface area contributed by atoms with Gasteiger partial charge in [0, 0.05) is 12.5 Å². The fourth-order valence-electron chi connectivity index (χ4n) is 3.40. The largest absolute Gasteiger partial charge is 0.756 e. The molecule has 2 aromatic carbocycles. The van der Waals surface area contributed by atoms with Crippen molar-refractivity contribution in [3.8, 4) is 34.3 Å². The maximum atomic E-state index is 9.87. The molecule has 0 aliphatic carbocycles. The Morgan fingerprint density at radius 3 is 2.34 bits per heavy atom. The highest BCUT2D eigenvalue weighted by molar-refractivity contribution is 7.43. The van der Waals surface area contributed by atoms with Crippen LogP contribution in [-0.4, -0.2) is 34.2 Å². The van der Waals surface area contributed by atoms with Gasteiger partial charge >= 0.3 is 0 Å². The van der Waals surface area contributed by atoms with E-state index in [1.54, 1.807) is 26.4 Å². The molecule has 0 saturated carbocycles. The Kier molecular flexibility index (Phi) is 5.68. The first-order valence-corrected chi connectivity index (χ1v) is 10.1. The number of benzene rings is 2. The molecule has 10 heteroatoms.